The summed E-state index contributed by atoms with van der Waals surface area (Å²) < 4.78 is 18.2. The van der Waals surface area contributed by atoms with Gasteiger partial charge in [-0.15, -0.1) is 0 Å². The molecule has 0 bridgehead atoms. The van der Waals surface area contributed by atoms with Crippen LogP contribution in [0.4, 0.5) is 0 Å². The van der Waals surface area contributed by atoms with Gasteiger partial charge in [-0.05, 0) is 45.6 Å². The topological polar surface area (TPSA) is 167 Å². The number of unbranched alkanes of at least 4 members (excludes halogenated alkanes) is 1. The van der Waals surface area contributed by atoms with Crippen molar-refractivity contribution in [2.24, 2.45) is 5.73 Å². The molecule has 0 saturated heterocycles. The quantitative estimate of drug-likeness (QED) is 0.0780. The largest absolute Gasteiger partial charge is 0.448 e. The maximum absolute atomic E-state index is 13.0. The number of esters is 2. The first-order valence-electron chi connectivity index (χ1n) is 13.2. The monoisotopic (exact) mass is 540 g/mol. The third-order valence-electron chi connectivity index (χ3n) is 6.28. The number of carbonyl (C=O) groups excluding carboxylic acids is 2. The van der Waals surface area contributed by atoms with E-state index in [1.165, 1.54) is 19.1 Å². The minimum absolute atomic E-state index is 0.199. The highest BCUT2D eigenvalue weighted by Crippen LogP contribution is 2.28. The standard InChI is InChI=1S/C28H36N4O7/c1-5-9-18-25-19(22(33)11-13-32(25)6-2)14-20-23(34)15-24(39-26(18)20)28(36)38-17(4)37-27(35)21(30)10-7-8-12-31-16(3)29/h11,13-15,17,21H,5-10,12,30H2,1-4H3,(H2,29,31)/t17?,21-/m0/s1. The second-order valence-electron chi connectivity index (χ2n) is 9.38. The summed E-state index contributed by atoms with van der Waals surface area (Å²) in [6.07, 6.45) is 3.40. The predicted molar refractivity (Wildman–Crippen MR) is 148 cm³/mol. The number of hydrogen-bond acceptors (Lipinski definition) is 9. The van der Waals surface area contributed by atoms with E-state index in [9.17, 15) is 19.2 Å². The number of nitrogens with zero attached hydrogens (tertiary/aromatic N) is 1. The first kappa shape index (κ1) is 29.6. The van der Waals surface area contributed by atoms with E-state index in [4.69, 9.17) is 25.0 Å². The van der Waals surface area contributed by atoms with E-state index in [0.29, 0.717) is 61.1 Å². The minimum atomic E-state index is -1.27. The van der Waals surface area contributed by atoms with Crippen LogP contribution in [0.1, 0.15) is 69.5 Å². The van der Waals surface area contributed by atoms with Crippen LogP contribution in [-0.4, -0.2) is 41.2 Å². The molecule has 11 nitrogen and oxygen atoms in total. The summed E-state index contributed by atoms with van der Waals surface area (Å²) in [4.78, 5) is 50.8. The lowest BCUT2D eigenvalue weighted by molar-refractivity contribution is -0.167. The first-order valence-corrected chi connectivity index (χ1v) is 13.2. The number of aryl methyl sites for hydroxylation is 2. The van der Waals surface area contributed by atoms with Gasteiger partial charge in [-0.2, -0.15) is 0 Å². The summed E-state index contributed by atoms with van der Waals surface area (Å²) in [5, 5.41) is 10.8. The lowest BCUT2D eigenvalue weighted by Gasteiger charge is -2.17. The highest BCUT2D eigenvalue weighted by atomic mass is 16.7. The van der Waals surface area contributed by atoms with E-state index in [1.54, 1.807) is 13.1 Å². The Bertz CT molecular complexity index is 1490. The Hall–Kier alpha value is -3.99. The van der Waals surface area contributed by atoms with Crippen molar-refractivity contribution in [3.63, 3.8) is 0 Å². The van der Waals surface area contributed by atoms with Gasteiger partial charge in [0.25, 0.3) is 0 Å². The summed E-state index contributed by atoms with van der Waals surface area (Å²) >= 11 is 0. The van der Waals surface area contributed by atoms with Crippen LogP contribution in [0, 0.1) is 5.41 Å². The molecular formula is C28H36N4O7. The average Bonchev–Trinajstić information content (AvgIpc) is 2.88. The zero-order valence-electron chi connectivity index (χ0n) is 22.8. The number of benzene rings is 1. The highest BCUT2D eigenvalue weighted by Gasteiger charge is 2.24. The van der Waals surface area contributed by atoms with Gasteiger partial charge in [0.15, 0.2) is 10.9 Å². The number of pyridine rings is 1. The van der Waals surface area contributed by atoms with Crippen LogP contribution in [0.3, 0.4) is 0 Å². The number of nitrogens with two attached hydrogens (primary N) is 1. The van der Waals surface area contributed by atoms with Gasteiger partial charge >= 0.3 is 11.9 Å². The molecule has 3 rings (SSSR count). The van der Waals surface area contributed by atoms with E-state index in [2.05, 4.69) is 5.32 Å². The van der Waals surface area contributed by atoms with E-state index < -0.39 is 29.7 Å². The lowest BCUT2D eigenvalue weighted by Crippen LogP contribution is -2.35. The average molecular weight is 541 g/mol. The van der Waals surface area contributed by atoms with Crippen molar-refractivity contribution in [1.29, 1.82) is 5.41 Å². The molecule has 0 aliphatic heterocycles. The Kier molecular flexibility index (Phi) is 10.00. The second-order valence-corrected chi connectivity index (χ2v) is 9.38. The molecular weight excluding hydrogens is 504 g/mol. The molecule has 11 heteroatoms. The maximum Gasteiger partial charge on any atom is 0.377 e. The summed E-state index contributed by atoms with van der Waals surface area (Å²) in [5.41, 5.74) is 6.74. The van der Waals surface area contributed by atoms with Crippen LogP contribution in [0.15, 0.2) is 38.4 Å². The summed E-state index contributed by atoms with van der Waals surface area (Å²) in [7, 11) is 0. The molecule has 0 aliphatic carbocycles. The molecule has 0 fully saturated rings. The zero-order chi connectivity index (χ0) is 28.7. The molecule has 0 radical (unpaired) electrons. The van der Waals surface area contributed by atoms with Crippen molar-refractivity contribution in [2.45, 2.75) is 78.7 Å². The van der Waals surface area contributed by atoms with Crippen LogP contribution >= 0.6 is 0 Å². The van der Waals surface area contributed by atoms with Gasteiger partial charge in [0.1, 0.15) is 11.6 Å². The number of nitrogens with one attached hydrogen (secondary N) is 2. The summed E-state index contributed by atoms with van der Waals surface area (Å²) in [6.45, 7) is 8.12. The molecule has 4 N–H and O–H groups in total. The van der Waals surface area contributed by atoms with Crippen molar-refractivity contribution >= 4 is 39.6 Å². The van der Waals surface area contributed by atoms with Gasteiger partial charge in [-0.3, -0.25) is 19.8 Å². The lowest BCUT2D eigenvalue weighted by atomic mass is 10.0. The van der Waals surface area contributed by atoms with Crippen molar-refractivity contribution in [3.8, 4) is 0 Å². The molecule has 2 aromatic heterocycles. The van der Waals surface area contributed by atoms with E-state index in [1.807, 2.05) is 18.4 Å². The molecule has 0 aliphatic rings. The van der Waals surface area contributed by atoms with Crippen LogP contribution < -0.4 is 21.9 Å². The Morgan fingerprint density at radius 3 is 2.54 bits per heavy atom. The minimum Gasteiger partial charge on any atom is -0.448 e. The molecule has 0 amide bonds. The van der Waals surface area contributed by atoms with Gasteiger partial charge in [0, 0.05) is 49.3 Å². The molecule has 1 aromatic carbocycles. The molecule has 3 aromatic rings. The van der Waals surface area contributed by atoms with E-state index >= 15 is 0 Å². The normalized spacial score (nSPS) is 12.7. The molecule has 2 heterocycles. The molecule has 39 heavy (non-hydrogen) atoms. The van der Waals surface area contributed by atoms with E-state index in [0.717, 1.165) is 12.5 Å². The van der Waals surface area contributed by atoms with Crippen LogP contribution in [0.5, 0.6) is 0 Å². The fourth-order valence-electron chi connectivity index (χ4n) is 4.40. The maximum atomic E-state index is 13.0. The van der Waals surface area contributed by atoms with Gasteiger partial charge in [-0.25, -0.2) is 4.79 Å². The number of ether oxygens (including phenoxy) is 2. The molecule has 210 valence electrons. The number of rotatable bonds is 12. The van der Waals surface area contributed by atoms with Crippen molar-refractivity contribution in [2.75, 3.05) is 6.54 Å². The Balaban J connectivity index is 1.80. The Morgan fingerprint density at radius 2 is 1.87 bits per heavy atom. The van der Waals surface area contributed by atoms with Gasteiger partial charge in [0.05, 0.1) is 16.7 Å². The highest BCUT2D eigenvalue weighted by molar-refractivity contribution is 5.99. The van der Waals surface area contributed by atoms with Gasteiger partial charge < -0.3 is 29.5 Å². The van der Waals surface area contributed by atoms with Crippen LogP contribution in [0.2, 0.25) is 0 Å². The van der Waals surface area contributed by atoms with E-state index in [-0.39, 0.29) is 22.2 Å². The van der Waals surface area contributed by atoms with Crippen molar-refractivity contribution < 1.29 is 23.5 Å². The fraction of sp³-hybridized carbons (Fsp3) is 0.464. The SMILES string of the molecule is CCCc1c2oc(C(=O)OC(C)OC(=O)[C@@H](N)CCCCNC(C)=N)cc(=O)c2cc2c(=O)ccn(CC)c12. The number of hydrogen-bond donors (Lipinski definition) is 3. The van der Waals surface area contributed by atoms with Gasteiger partial charge in [0.2, 0.25) is 12.1 Å². The molecule has 1 unspecified atom stereocenters. The van der Waals surface area contributed by atoms with Crippen molar-refractivity contribution in [3.05, 3.63) is 56.2 Å². The number of amidine groups is 1. The number of carbonyl (C=O) groups is 2. The van der Waals surface area contributed by atoms with Gasteiger partial charge in [-0.1, -0.05) is 13.3 Å². The second kappa shape index (κ2) is 13.2. The van der Waals surface area contributed by atoms with Crippen LogP contribution in [-0.2, 0) is 27.2 Å². The smallest absolute Gasteiger partial charge is 0.377 e. The number of fused-ring (bicyclic) bond motifs is 2. The zero-order valence-corrected chi connectivity index (χ0v) is 22.8. The van der Waals surface area contributed by atoms with Crippen molar-refractivity contribution in [1.82, 2.24) is 9.88 Å². The number of aromatic nitrogens is 1. The Labute approximate surface area is 225 Å². The Morgan fingerprint density at radius 1 is 1.13 bits per heavy atom. The predicted octanol–water partition coefficient (Wildman–Crippen LogP) is 3.21. The molecule has 2 atom stereocenters. The summed E-state index contributed by atoms with van der Waals surface area (Å²) in [5.74, 6) is -1.67. The third-order valence-corrected chi connectivity index (χ3v) is 6.28. The molecule has 0 spiro atoms. The fourth-order valence-corrected chi connectivity index (χ4v) is 4.40. The first-order chi connectivity index (χ1) is 18.6. The third kappa shape index (κ3) is 7.11. The molecule has 0 saturated carbocycles. The van der Waals surface area contributed by atoms with Crippen LogP contribution in [0.25, 0.3) is 21.9 Å². The summed E-state index contributed by atoms with van der Waals surface area (Å²) in [6, 6.07) is 3.09.